The van der Waals surface area contributed by atoms with Crippen LogP contribution in [0.15, 0.2) is 35.5 Å². The maximum Gasteiger partial charge on any atom is 0.233 e. The zero-order valence-corrected chi connectivity index (χ0v) is 13.7. The lowest BCUT2D eigenvalue weighted by atomic mass is 9.83. The van der Waals surface area contributed by atoms with Crippen LogP contribution in [0.25, 0.3) is 0 Å². The molecule has 0 saturated carbocycles. The van der Waals surface area contributed by atoms with E-state index in [0.29, 0.717) is 35.9 Å². The fraction of sp³-hybridized carbons (Fsp3) is 0.444. The van der Waals surface area contributed by atoms with Gasteiger partial charge in [0, 0.05) is 29.9 Å². The lowest BCUT2D eigenvalue weighted by Gasteiger charge is -2.21. The van der Waals surface area contributed by atoms with Gasteiger partial charge in [-0.25, -0.2) is 0 Å². The average Bonchev–Trinajstić information content (AvgIpc) is 2.98. The quantitative estimate of drug-likeness (QED) is 0.761. The molecule has 1 aromatic rings. The minimum Gasteiger partial charge on any atom is -0.491 e. The lowest BCUT2D eigenvalue weighted by Crippen LogP contribution is -2.29. The minimum atomic E-state index is -0.426. The van der Waals surface area contributed by atoms with Gasteiger partial charge in [0.15, 0.2) is 5.78 Å². The number of anilines is 1. The predicted molar refractivity (Wildman–Crippen MR) is 89.6 cm³/mol. The minimum absolute atomic E-state index is 0.0444. The van der Waals surface area contributed by atoms with Crippen LogP contribution in [-0.2, 0) is 9.59 Å². The molecule has 1 amide bonds. The van der Waals surface area contributed by atoms with Crippen molar-refractivity contribution in [2.75, 3.05) is 25.1 Å². The summed E-state index contributed by atoms with van der Waals surface area (Å²) in [5, 5.41) is 14.8. The van der Waals surface area contributed by atoms with Crippen LogP contribution < -0.4 is 15.4 Å². The number of Topliss-reactive ketones (excluding diaryl/α,β-unsaturated/α-hetero) is 1. The van der Waals surface area contributed by atoms with E-state index in [0.717, 1.165) is 12.1 Å². The van der Waals surface area contributed by atoms with Crippen molar-refractivity contribution in [3.05, 3.63) is 35.5 Å². The summed E-state index contributed by atoms with van der Waals surface area (Å²) in [5.41, 5.74) is 2.25. The molecule has 0 fully saturated rings. The number of ketones is 1. The smallest absolute Gasteiger partial charge is 0.233 e. The maximum absolute atomic E-state index is 12.6. The Morgan fingerprint density at radius 3 is 2.79 bits per heavy atom. The van der Waals surface area contributed by atoms with E-state index in [1.54, 1.807) is 24.3 Å². The first-order valence-corrected chi connectivity index (χ1v) is 8.23. The largest absolute Gasteiger partial charge is 0.491 e. The summed E-state index contributed by atoms with van der Waals surface area (Å²) in [6.07, 6.45) is 1.35. The second-order valence-electron chi connectivity index (χ2n) is 6.35. The van der Waals surface area contributed by atoms with Crippen molar-refractivity contribution in [2.24, 2.45) is 11.8 Å². The molecule has 0 spiro atoms. The Labute approximate surface area is 140 Å². The van der Waals surface area contributed by atoms with E-state index < -0.39 is 5.92 Å². The van der Waals surface area contributed by atoms with Gasteiger partial charge in [-0.1, -0.05) is 6.92 Å². The molecule has 0 radical (unpaired) electrons. The monoisotopic (exact) mass is 330 g/mol. The molecule has 6 nitrogen and oxygen atoms in total. The molecule has 2 aliphatic rings. The number of hydrogen-bond acceptors (Lipinski definition) is 5. The number of rotatable bonds is 5. The number of carbonyl (C=O) groups excluding carboxylic acids is 2. The van der Waals surface area contributed by atoms with Gasteiger partial charge < -0.3 is 20.5 Å². The molecule has 2 unspecified atom stereocenters. The molecule has 2 atom stereocenters. The SMILES string of the molecule is CC1CC(=O)C2=C(C1)NCC2C(=O)Nc1ccc(OCCO)cc1. The highest BCUT2D eigenvalue weighted by atomic mass is 16.5. The van der Waals surface area contributed by atoms with Gasteiger partial charge in [0.05, 0.1) is 12.5 Å². The topological polar surface area (TPSA) is 87.7 Å². The highest BCUT2D eigenvalue weighted by Gasteiger charge is 2.38. The Morgan fingerprint density at radius 1 is 1.33 bits per heavy atom. The Kier molecular flexibility index (Phi) is 4.85. The summed E-state index contributed by atoms with van der Waals surface area (Å²) in [6, 6.07) is 6.95. The summed E-state index contributed by atoms with van der Waals surface area (Å²) < 4.78 is 5.28. The first kappa shape index (κ1) is 16.5. The number of carbonyl (C=O) groups is 2. The zero-order valence-electron chi connectivity index (χ0n) is 13.7. The predicted octanol–water partition coefficient (Wildman–Crippen LogP) is 1.47. The second kappa shape index (κ2) is 7.05. The first-order valence-electron chi connectivity index (χ1n) is 8.23. The van der Waals surface area contributed by atoms with Crippen LogP contribution in [-0.4, -0.2) is 36.6 Å². The standard InChI is InChI=1S/C18H22N2O4/c1-11-8-15-17(16(22)9-11)14(10-19-15)18(23)20-12-2-4-13(5-3-12)24-7-6-21/h2-5,11,14,19,21H,6-10H2,1H3,(H,20,23). The number of amides is 1. The number of aliphatic hydroxyl groups excluding tert-OH is 1. The molecule has 6 heteroatoms. The van der Waals surface area contributed by atoms with E-state index >= 15 is 0 Å². The molecule has 128 valence electrons. The molecule has 3 N–H and O–H groups in total. The normalized spacial score (nSPS) is 22.8. The van der Waals surface area contributed by atoms with Gasteiger partial charge in [0.1, 0.15) is 12.4 Å². The van der Waals surface area contributed by atoms with Crippen LogP contribution in [0.4, 0.5) is 5.69 Å². The Morgan fingerprint density at radius 2 is 2.08 bits per heavy atom. The molecular weight excluding hydrogens is 308 g/mol. The van der Waals surface area contributed by atoms with Crippen LogP contribution in [0, 0.1) is 11.8 Å². The van der Waals surface area contributed by atoms with Gasteiger partial charge in [-0.05, 0) is 36.6 Å². The van der Waals surface area contributed by atoms with Crippen molar-refractivity contribution in [3.8, 4) is 5.75 Å². The fourth-order valence-electron chi connectivity index (χ4n) is 3.28. The van der Waals surface area contributed by atoms with Crippen LogP contribution >= 0.6 is 0 Å². The number of allylic oxidation sites excluding steroid dienone is 1. The number of aliphatic hydroxyl groups is 1. The molecule has 1 aliphatic heterocycles. The molecule has 0 bridgehead atoms. The average molecular weight is 330 g/mol. The van der Waals surface area contributed by atoms with E-state index in [2.05, 4.69) is 17.6 Å². The molecule has 1 aliphatic carbocycles. The third-order valence-corrected chi connectivity index (χ3v) is 4.38. The summed E-state index contributed by atoms with van der Waals surface area (Å²) in [6.45, 7) is 2.72. The summed E-state index contributed by atoms with van der Waals surface area (Å²) in [7, 11) is 0. The van der Waals surface area contributed by atoms with Gasteiger partial charge in [-0.3, -0.25) is 9.59 Å². The summed E-state index contributed by atoms with van der Waals surface area (Å²) >= 11 is 0. The van der Waals surface area contributed by atoms with Crippen molar-refractivity contribution in [1.82, 2.24) is 5.32 Å². The van der Waals surface area contributed by atoms with E-state index in [9.17, 15) is 9.59 Å². The van der Waals surface area contributed by atoms with Gasteiger partial charge in [0.2, 0.25) is 5.91 Å². The van der Waals surface area contributed by atoms with E-state index in [1.807, 2.05) is 0 Å². The third kappa shape index (κ3) is 3.43. The third-order valence-electron chi connectivity index (χ3n) is 4.38. The van der Waals surface area contributed by atoms with Crippen molar-refractivity contribution in [1.29, 1.82) is 0 Å². The van der Waals surface area contributed by atoms with Crippen LogP contribution in [0.1, 0.15) is 19.8 Å². The van der Waals surface area contributed by atoms with Gasteiger partial charge in [-0.2, -0.15) is 0 Å². The number of hydrogen-bond donors (Lipinski definition) is 3. The molecule has 3 rings (SSSR count). The van der Waals surface area contributed by atoms with Crippen LogP contribution in [0.5, 0.6) is 5.75 Å². The zero-order chi connectivity index (χ0) is 17.1. The summed E-state index contributed by atoms with van der Waals surface area (Å²) in [4.78, 5) is 24.8. The molecule has 0 aromatic heterocycles. The molecule has 24 heavy (non-hydrogen) atoms. The number of nitrogens with one attached hydrogen (secondary N) is 2. The highest BCUT2D eigenvalue weighted by molar-refractivity contribution is 6.06. The molecule has 1 heterocycles. The molecule has 1 aromatic carbocycles. The molecule has 0 saturated heterocycles. The van der Waals surface area contributed by atoms with E-state index in [1.165, 1.54) is 0 Å². The van der Waals surface area contributed by atoms with Crippen molar-refractivity contribution in [2.45, 2.75) is 19.8 Å². The van der Waals surface area contributed by atoms with Gasteiger partial charge in [0.25, 0.3) is 0 Å². The number of benzene rings is 1. The fourth-order valence-corrected chi connectivity index (χ4v) is 3.28. The Hall–Kier alpha value is -2.34. The molecular formula is C18H22N2O4. The summed E-state index contributed by atoms with van der Waals surface area (Å²) in [5.74, 6) is 0.453. The van der Waals surface area contributed by atoms with Crippen LogP contribution in [0.2, 0.25) is 0 Å². The van der Waals surface area contributed by atoms with E-state index in [-0.39, 0.29) is 24.9 Å². The second-order valence-corrected chi connectivity index (χ2v) is 6.35. The van der Waals surface area contributed by atoms with Crippen LogP contribution in [0.3, 0.4) is 0 Å². The van der Waals surface area contributed by atoms with E-state index in [4.69, 9.17) is 9.84 Å². The highest BCUT2D eigenvalue weighted by Crippen LogP contribution is 2.34. The van der Waals surface area contributed by atoms with Gasteiger partial charge in [-0.15, -0.1) is 0 Å². The Balaban J connectivity index is 1.66. The Bertz CT molecular complexity index is 666. The number of ether oxygens (including phenoxy) is 1. The first-order chi connectivity index (χ1) is 11.6. The van der Waals surface area contributed by atoms with Crippen molar-refractivity contribution < 1.29 is 19.4 Å². The lowest BCUT2D eigenvalue weighted by molar-refractivity contribution is -0.122. The van der Waals surface area contributed by atoms with Crippen molar-refractivity contribution >= 4 is 17.4 Å². The van der Waals surface area contributed by atoms with Crippen molar-refractivity contribution in [3.63, 3.8) is 0 Å². The maximum atomic E-state index is 12.6. The van der Waals surface area contributed by atoms with Gasteiger partial charge >= 0.3 is 0 Å².